The van der Waals surface area contributed by atoms with Gasteiger partial charge in [-0.1, -0.05) is 13.8 Å². The first-order chi connectivity index (χ1) is 16.3. The Balaban J connectivity index is 1.57. The van der Waals surface area contributed by atoms with Crippen molar-refractivity contribution < 1.29 is 19.0 Å². The number of carboxylic acids is 1. The van der Waals surface area contributed by atoms with Gasteiger partial charge in [-0.15, -0.1) is 0 Å². The quantitative estimate of drug-likeness (QED) is 0.592. The molecule has 0 amide bonds. The highest BCUT2D eigenvalue weighted by atomic mass is 19.1. The summed E-state index contributed by atoms with van der Waals surface area (Å²) in [7, 11) is 2.17. The predicted molar refractivity (Wildman–Crippen MR) is 127 cm³/mol. The fourth-order valence-corrected chi connectivity index (χ4v) is 4.92. The molecule has 1 N–H and O–H groups in total. The van der Waals surface area contributed by atoms with Crippen molar-refractivity contribution in [3.05, 3.63) is 47.5 Å². The highest BCUT2D eigenvalue weighted by Gasteiger charge is 2.32. The Morgan fingerprint density at radius 3 is 2.41 bits per heavy atom. The molecule has 0 bridgehead atoms. The number of fused-ring (bicyclic) bond motifs is 1. The molecule has 1 aromatic carbocycles. The van der Waals surface area contributed by atoms with E-state index < -0.39 is 5.97 Å². The molecule has 34 heavy (non-hydrogen) atoms. The number of hydrogen-bond donors (Lipinski definition) is 1. The Hall–Kier alpha value is -3.04. The Morgan fingerprint density at radius 1 is 1.18 bits per heavy atom. The van der Waals surface area contributed by atoms with Crippen LogP contribution in [0.4, 0.5) is 10.1 Å². The van der Waals surface area contributed by atoms with Gasteiger partial charge in [-0.05, 0) is 56.1 Å². The van der Waals surface area contributed by atoms with Gasteiger partial charge in [-0.25, -0.2) is 18.9 Å². The van der Waals surface area contributed by atoms with Crippen molar-refractivity contribution >= 4 is 22.7 Å². The van der Waals surface area contributed by atoms with Crippen LogP contribution in [0.2, 0.25) is 0 Å². The summed E-state index contributed by atoms with van der Waals surface area (Å²) < 4.78 is 20.5. The number of nitrogens with zero attached hydrogens (tertiary/aromatic N) is 5. The molecule has 0 unspecified atom stereocenters. The number of carboxylic acid groups (broad SMARTS) is 1. The number of anilines is 1. The van der Waals surface area contributed by atoms with Crippen molar-refractivity contribution in [2.75, 3.05) is 38.3 Å². The largest absolute Gasteiger partial charge is 0.477 e. The van der Waals surface area contributed by atoms with E-state index in [1.165, 1.54) is 12.1 Å². The van der Waals surface area contributed by atoms with Gasteiger partial charge in [0.25, 0.3) is 0 Å². The maximum Gasteiger partial charge on any atom is 0.354 e. The SMILES string of the molecule is CC(C)c1nn(-c2ccc(F)cc2)c2nc(C(=O)O)cc(N3CCC(N(C)C4COC4)CC3)c12. The monoisotopic (exact) mass is 467 g/mol. The molecule has 0 aliphatic carbocycles. The van der Waals surface area contributed by atoms with Gasteiger partial charge in [0.1, 0.15) is 5.82 Å². The van der Waals surface area contributed by atoms with Crippen molar-refractivity contribution in [2.24, 2.45) is 0 Å². The second-order valence-electron chi connectivity index (χ2n) is 9.53. The van der Waals surface area contributed by atoms with Crippen LogP contribution in [0.15, 0.2) is 30.3 Å². The first-order valence-electron chi connectivity index (χ1n) is 11.8. The average molecular weight is 468 g/mol. The molecule has 0 saturated carbocycles. The van der Waals surface area contributed by atoms with Gasteiger partial charge in [0.15, 0.2) is 11.3 Å². The van der Waals surface area contributed by atoms with Crippen LogP contribution < -0.4 is 4.90 Å². The molecule has 0 spiro atoms. The van der Waals surface area contributed by atoms with E-state index in [0.717, 1.165) is 55.9 Å². The van der Waals surface area contributed by atoms with Crippen LogP contribution in [0, 0.1) is 5.82 Å². The summed E-state index contributed by atoms with van der Waals surface area (Å²) in [6, 6.07) is 8.65. The minimum Gasteiger partial charge on any atom is -0.477 e. The van der Waals surface area contributed by atoms with E-state index in [-0.39, 0.29) is 17.4 Å². The molecule has 4 heterocycles. The Bertz CT molecular complexity index is 1200. The lowest BCUT2D eigenvalue weighted by atomic mass is 9.99. The summed E-state index contributed by atoms with van der Waals surface area (Å²) >= 11 is 0. The maximum atomic E-state index is 13.6. The average Bonchev–Trinajstić information content (AvgIpc) is 3.18. The number of hydrogen-bond acceptors (Lipinski definition) is 6. The lowest BCUT2D eigenvalue weighted by Gasteiger charge is -2.43. The van der Waals surface area contributed by atoms with E-state index in [2.05, 4.69) is 35.7 Å². The molecule has 0 radical (unpaired) electrons. The molecule has 0 atom stereocenters. The van der Waals surface area contributed by atoms with Crippen molar-refractivity contribution in [3.63, 3.8) is 0 Å². The lowest BCUT2D eigenvalue weighted by molar-refractivity contribution is -0.0718. The normalized spacial score (nSPS) is 17.6. The minimum absolute atomic E-state index is 0.0214. The van der Waals surface area contributed by atoms with E-state index in [0.29, 0.717) is 23.4 Å². The highest BCUT2D eigenvalue weighted by molar-refractivity contribution is 5.98. The van der Waals surface area contributed by atoms with Gasteiger partial charge >= 0.3 is 5.97 Å². The lowest BCUT2D eigenvalue weighted by Crippen LogP contribution is -2.54. The number of benzene rings is 1. The molecule has 2 aromatic heterocycles. The third-order valence-corrected chi connectivity index (χ3v) is 7.06. The van der Waals surface area contributed by atoms with Crippen LogP contribution in [0.1, 0.15) is 48.8 Å². The molecule has 8 nitrogen and oxygen atoms in total. The molecule has 2 aliphatic rings. The van der Waals surface area contributed by atoms with Crippen molar-refractivity contribution in [1.82, 2.24) is 19.7 Å². The third-order valence-electron chi connectivity index (χ3n) is 7.06. The van der Waals surface area contributed by atoms with Crippen LogP contribution in [0.3, 0.4) is 0 Å². The fraction of sp³-hybridized carbons (Fsp3) is 0.480. The smallest absolute Gasteiger partial charge is 0.354 e. The number of halogens is 1. The van der Waals surface area contributed by atoms with E-state index in [4.69, 9.17) is 9.84 Å². The molecule has 9 heteroatoms. The van der Waals surface area contributed by atoms with E-state index in [1.54, 1.807) is 22.9 Å². The summed E-state index contributed by atoms with van der Waals surface area (Å²) in [6.45, 7) is 7.36. The number of carbonyl (C=O) groups is 1. The van der Waals surface area contributed by atoms with E-state index in [9.17, 15) is 14.3 Å². The Kier molecular flexibility index (Phi) is 5.99. The van der Waals surface area contributed by atoms with Crippen molar-refractivity contribution in [2.45, 2.75) is 44.7 Å². The van der Waals surface area contributed by atoms with Gasteiger partial charge in [0.2, 0.25) is 0 Å². The van der Waals surface area contributed by atoms with Crippen LogP contribution >= 0.6 is 0 Å². The third kappa shape index (κ3) is 4.03. The molecule has 5 rings (SSSR count). The predicted octanol–water partition coefficient (Wildman–Crippen LogP) is 3.68. The number of aromatic carboxylic acids is 1. The number of ether oxygens (including phenoxy) is 1. The standard InChI is InChI=1S/C25H30FN5O3/c1-15(2)23-22-21(30-10-8-17(9-11-30)29(3)19-13-34-14-19)12-20(25(32)33)27-24(22)31(28-23)18-6-4-16(26)5-7-18/h4-7,12,15,17,19H,8-11,13-14H2,1-3H3,(H,32,33). The van der Waals surface area contributed by atoms with Gasteiger partial charge in [0.05, 0.1) is 41.7 Å². The summed E-state index contributed by atoms with van der Waals surface area (Å²) in [5.74, 6) is -1.33. The van der Waals surface area contributed by atoms with Crippen LogP contribution in [0.25, 0.3) is 16.7 Å². The summed E-state index contributed by atoms with van der Waals surface area (Å²) in [4.78, 5) is 21.2. The number of pyridine rings is 1. The summed E-state index contributed by atoms with van der Waals surface area (Å²) in [5, 5.41) is 15.5. The molecule has 2 saturated heterocycles. The van der Waals surface area contributed by atoms with E-state index >= 15 is 0 Å². The summed E-state index contributed by atoms with van der Waals surface area (Å²) in [6.07, 6.45) is 1.98. The van der Waals surface area contributed by atoms with Crippen LogP contribution in [0.5, 0.6) is 0 Å². The van der Waals surface area contributed by atoms with E-state index in [1.807, 2.05) is 0 Å². The summed E-state index contributed by atoms with van der Waals surface area (Å²) in [5.41, 5.74) is 2.81. The zero-order valence-corrected chi connectivity index (χ0v) is 19.7. The molecule has 3 aromatic rings. The number of piperidine rings is 1. The number of likely N-dealkylation sites (N-methyl/N-ethyl adjacent to an activating group) is 1. The molecule has 180 valence electrons. The maximum absolute atomic E-state index is 13.6. The van der Waals surface area contributed by atoms with Crippen molar-refractivity contribution in [3.8, 4) is 5.69 Å². The molecular weight excluding hydrogens is 437 g/mol. The number of rotatable bonds is 6. The second kappa shape index (κ2) is 8.96. The first kappa shape index (κ1) is 22.7. The zero-order valence-electron chi connectivity index (χ0n) is 19.7. The second-order valence-corrected chi connectivity index (χ2v) is 9.53. The fourth-order valence-electron chi connectivity index (χ4n) is 4.92. The van der Waals surface area contributed by atoms with Gasteiger partial charge < -0.3 is 14.7 Å². The number of aromatic nitrogens is 3. The molecule has 2 aliphatic heterocycles. The van der Waals surface area contributed by atoms with Crippen molar-refractivity contribution in [1.29, 1.82) is 0 Å². The highest BCUT2D eigenvalue weighted by Crippen LogP contribution is 2.36. The van der Waals surface area contributed by atoms with Gasteiger partial charge in [-0.2, -0.15) is 5.10 Å². The first-order valence-corrected chi connectivity index (χ1v) is 11.8. The van der Waals surface area contributed by atoms with Gasteiger partial charge in [-0.3, -0.25) is 4.90 Å². The van der Waals surface area contributed by atoms with Gasteiger partial charge in [0, 0.05) is 19.1 Å². The Morgan fingerprint density at radius 2 is 1.85 bits per heavy atom. The molecule has 2 fully saturated rings. The Labute approximate surface area is 197 Å². The minimum atomic E-state index is -1.08. The molecular formula is C25H30FN5O3. The zero-order chi connectivity index (χ0) is 24.0. The van der Waals surface area contributed by atoms with Crippen LogP contribution in [-0.4, -0.2) is 76.2 Å². The van der Waals surface area contributed by atoms with Crippen LogP contribution in [-0.2, 0) is 4.74 Å². The topological polar surface area (TPSA) is 83.7 Å².